The van der Waals surface area contributed by atoms with E-state index in [4.69, 9.17) is 4.74 Å². The number of carboxylic acid groups (broad SMARTS) is 1. The van der Waals surface area contributed by atoms with Gasteiger partial charge in [0, 0.05) is 5.92 Å². The maximum atomic E-state index is 12.9. The van der Waals surface area contributed by atoms with Crippen molar-refractivity contribution in [3.8, 4) is 11.1 Å². The van der Waals surface area contributed by atoms with Crippen LogP contribution in [0.25, 0.3) is 11.1 Å². The van der Waals surface area contributed by atoms with Gasteiger partial charge >= 0.3 is 12.1 Å². The molecule has 0 aliphatic heterocycles. The highest BCUT2D eigenvalue weighted by atomic mass is 16.5. The molecule has 2 aromatic carbocycles. The number of benzene rings is 2. The fourth-order valence-electron chi connectivity index (χ4n) is 4.91. The minimum absolute atomic E-state index is 0.00384. The molecular formula is C25H26N4O4. The van der Waals surface area contributed by atoms with E-state index in [0.717, 1.165) is 35.1 Å². The molecule has 1 saturated carbocycles. The first-order chi connectivity index (χ1) is 15.9. The summed E-state index contributed by atoms with van der Waals surface area (Å²) in [6.45, 7) is 3.65. The molecule has 2 aliphatic carbocycles. The number of amides is 1. The van der Waals surface area contributed by atoms with Crippen molar-refractivity contribution in [3.63, 3.8) is 0 Å². The summed E-state index contributed by atoms with van der Waals surface area (Å²) >= 11 is 0. The summed E-state index contributed by atoms with van der Waals surface area (Å²) in [6.07, 6.45) is 0.714. The molecule has 8 nitrogen and oxygen atoms in total. The number of carbonyl (C=O) groups excluding carboxylic acids is 1. The van der Waals surface area contributed by atoms with Crippen LogP contribution in [0.1, 0.15) is 41.5 Å². The molecule has 5 rings (SSSR count). The van der Waals surface area contributed by atoms with Crippen molar-refractivity contribution in [2.75, 3.05) is 6.61 Å². The molecule has 0 bridgehead atoms. The normalized spacial score (nSPS) is 16.5. The fourth-order valence-corrected chi connectivity index (χ4v) is 4.91. The average molecular weight is 447 g/mol. The molecule has 3 aromatic rings. The molecule has 1 heterocycles. The molecule has 8 heteroatoms. The number of aromatic nitrogens is 3. The number of aliphatic carboxylic acids is 1. The van der Waals surface area contributed by atoms with Crippen LogP contribution >= 0.6 is 0 Å². The largest absolute Gasteiger partial charge is 0.479 e. The number of rotatable bonds is 7. The molecule has 0 saturated heterocycles. The Balaban J connectivity index is 1.35. The molecule has 1 atom stereocenters. The Labute approximate surface area is 191 Å². The lowest BCUT2D eigenvalue weighted by molar-refractivity contribution is -0.146. The van der Waals surface area contributed by atoms with Crippen LogP contribution in [0.5, 0.6) is 0 Å². The van der Waals surface area contributed by atoms with Crippen molar-refractivity contribution in [1.82, 2.24) is 20.1 Å². The fraction of sp³-hybridized carbons (Fsp3) is 0.360. The molecule has 2 N–H and O–H groups in total. The maximum absolute atomic E-state index is 12.9. The van der Waals surface area contributed by atoms with E-state index in [9.17, 15) is 14.7 Å². The van der Waals surface area contributed by atoms with E-state index in [2.05, 4.69) is 27.5 Å². The minimum Gasteiger partial charge on any atom is -0.479 e. The highest BCUT2D eigenvalue weighted by Crippen LogP contribution is 2.45. The van der Waals surface area contributed by atoms with Gasteiger partial charge in [0.1, 0.15) is 18.3 Å². The lowest BCUT2D eigenvalue weighted by atomic mass is 9.93. The summed E-state index contributed by atoms with van der Waals surface area (Å²) in [5.74, 6) is -0.203. The van der Waals surface area contributed by atoms with Gasteiger partial charge in [-0.05, 0) is 54.9 Å². The summed E-state index contributed by atoms with van der Waals surface area (Å²) in [6, 6.07) is 16.2. The summed E-state index contributed by atoms with van der Waals surface area (Å²) in [4.78, 5) is 29.6. The van der Waals surface area contributed by atoms with Gasteiger partial charge in [0.15, 0.2) is 5.54 Å². The number of aryl methyl sites for hydroxylation is 2. The van der Waals surface area contributed by atoms with Crippen LogP contribution in [0.2, 0.25) is 0 Å². The molecule has 1 amide bonds. The third kappa shape index (κ3) is 3.75. The molecule has 170 valence electrons. The van der Waals surface area contributed by atoms with E-state index in [1.165, 1.54) is 0 Å². The molecule has 0 radical (unpaired) electrons. The quantitative estimate of drug-likeness (QED) is 0.574. The number of carboxylic acids is 1. The van der Waals surface area contributed by atoms with Crippen molar-refractivity contribution in [2.24, 2.45) is 5.92 Å². The second-order valence-corrected chi connectivity index (χ2v) is 8.87. The second-order valence-electron chi connectivity index (χ2n) is 8.87. The molecule has 2 aliphatic rings. The third-order valence-electron chi connectivity index (χ3n) is 6.69. The van der Waals surface area contributed by atoms with Crippen molar-refractivity contribution in [1.29, 1.82) is 0 Å². The van der Waals surface area contributed by atoms with E-state index < -0.39 is 17.6 Å². The molecule has 1 aromatic heterocycles. The third-order valence-corrected chi connectivity index (χ3v) is 6.69. The smallest absolute Gasteiger partial charge is 0.408 e. The Kier molecular flexibility index (Phi) is 5.15. The van der Waals surface area contributed by atoms with Crippen molar-refractivity contribution < 1.29 is 19.4 Å². The molecule has 33 heavy (non-hydrogen) atoms. The van der Waals surface area contributed by atoms with Gasteiger partial charge in [-0.3, -0.25) is 0 Å². The number of fused-ring (bicyclic) bond motifs is 3. The second kappa shape index (κ2) is 8.03. The highest BCUT2D eigenvalue weighted by Gasteiger charge is 2.53. The van der Waals surface area contributed by atoms with Crippen molar-refractivity contribution in [3.05, 3.63) is 71.3 Å². The summed E-state index contributed by atoms with van der Waals surface area (Å²) < 4.78 is 7.18. The van der Waals surface area contributed by atoms with E-state index >= 15 is 0 Å². The summed E-state index contributed by atoms with van der Waals surface area (Å²) in [7, 11) is 0. The average Bonchev–Trinajstić information content (AvgIpc) is 3.53. The van der Waals surface area contributed by atoms with E-state index in [-0.39, 0.29) is 25.0 Å². The van der Waals surface area contributed by atoms with Gasteiger partial charge < -0.3 is 15.2 Å². The van der Waals surface area contributed by atoms with Gasteiger partial charge in [-0.25, -0.2) is 19.3 Å². The molecular weight excluding hydrogens is 420 g/mol. The van der Waals surface area contributed by atoms with Crippen molar-refractivity contribution >= 4 is 12.1 Å². The number of alkyl carbamates (subject to hydrolysis) is 1. The molecule has 1 unspecified atom stereocenters. The Morgan fingerprint density at radius 2 is 1.70 bits per heavy atom. The number of nitrogens with zero attached hydrogens (tertiary/aromatic N) is 3. The first kappa shape index (κ1) is 21.2. The Morgan fingerprint density at radius 3 is 2.21 bits per heavy atom. The first-order valence-electron chi connectivity index (χ1n) is 11.1. The topological polar surface area (TPSA) is 106 Å². The van der Waals surface area contributed by atoms with Gasteiger partial charge in [-0.15, -0.1) is 0 Å². The van der Waals surface area contributed by atoms with Gasteiger partial charge in [0.25, 0.3) is 0 Å². The van der Waals surface area contributed by atoms with Crippen LogP contribution in [-0.4, -0.2) is 44.1 Å². The van der Waals surface area contributed by atoms with Gasteiger partial charge in [-0.2, -0.15) is 5.10 Å². The van der Waals surface area contributed by atoms with Gasteiger partial charge in [-0.1, -0.05) is 48.5 Å². The Hall–Kier alpha value is -3.68. The summed E-state index contributed by atoms with van der Waals surface area (Å²) in [5.41, 5.74) is 2.99. The van der Waals surface area contributed by atoms with Crippen LogP contribution in [0.15, 0.2) is 48.5 Å². The number of ether oxygens (including phenoxy) is 1. The van der Waals surface area contributed by atoms with E-state index in [0.29, 0.717) is 11.6 Å². The Bertz CT molecular complexity index is 1190. The van der Waals surface area contributed by atoms with E-state index in [1.54, 1.807) is 18.5 Å². The first-order valence-corrected chi connectivity index (χ1v) is 11.1. The highest BCUT2D eigenvalue weighted by molar-refractivity contribution is 5.85. The molecule has 1 fully saturated rings. The van der Waals surface area contributed by atoms with Crippen LogP contribution in [0, 0.1) is 19.8 Å². The van der Waals surface area contributed by atoms with Gasteiger partial charge in [0.2, 0.25) is 0 Å². The number of carbonyl (C=O) groups is 2. The number of nitrogens with one attached hydrogen (secondary N) is 1. The zero-order chi connectivity index (χ0) is 23.2. The van der Waals surface area contributed by atoms with Gasteiger partial charge in [0.05, 0.1) is 6.54 Å². The van der Waals surface area contributed by atoms with Crippen LogP contribution in [-0.2, 0) is 16.1 Å². The van der Waals surface area contributed by atoms with Crippen molar-refractivity contribution in [2.45, 2.75) is 44.7 Å². The van der Waals surface area contributed by atoms with Crippen LogP contribution in [0.4, 0.5) is 4.79 Å². The van der Waals surface area contributed by atoms with E-state index in [1.807, 2.05) is 36.4 Å². The lowest BCUT2D eigenvalue weighted by Gasteiger charge is -2.30. The molecule has 0 spiro atoms. The summed E-state index contributed by atoms with van der Waals surface area (Å²) in [5, 5.41) is 17.2. The SMILES string of the molecule is Cc1nc(C)n(CC(NC(=O)OCC2c3ccccc3-c3ccccc32)(C(=O)O)C2CC2)n1. The minimum atomic E-state index is -1.49. The number of hydrogen-bond donors (Lipinski definition) is 2. The maximum Gasteiger partial charge on any atom is 0.408 e. The predicted octanol–water partition coefficient (Wildman–Crippen LogP) is 3.67. The zero-order valence-electron chi connectivity index (χ0n) is 18.6. The number of hydrogen-bond acceptors (Lipinski definition) is 5. The Morgan fingerprint density at radius 1 is 1.09 bits per heavy atom. The van der Waals surface area contributed by atoms with Crippen LogP contribution in [0.3, 0.4) is 0 Å². The standard InChI is InChI=1S/C25H26N4O4/c1-15-26-16(2)29(28-15)14-25(23(30)31,17-11-12-17)27-24(32)33-13-22-20-9-5-3-7-18(20)19-8-4-6-10-21(19)22/h3-10,17,22H,11-14H2,1-2H3,(H,27,32)(H,30,31). The predicted molar refractivity (Wildman–Crippen MR) is 121 cm³/mol. The zero-order valence-corrected chi connectivity index (χ0v) is 18.6. The van der Waals surface area contributed by atoms with Crippen LogP contribution < -0.4 is 5.32 Å². The lowest BCUT2D eigenvalue weighted by Crippen LogP contribution is -2.59. The monoisotopic (exact) mass is 446 g/mol.